The lowest BCUT2D eigenvalue weighted by Crippen LogP contribution is -2.48. The number of hydrogen-bond acceptors (Lipinski definition) is 2. The molecule has 0 aliphatic heterocycles. The van der Waals surface area contributed by atoms with Gasteiger partial charge in [0.05, 0.1) is 21.7 Å². The van der Waals surface area contributed by atoms with Gasteiger partial charge >= 0.3 is 12.4 Å². The van der Waals surface area contributed by atoms with Crippen LogP contribution in [0.3, 0.4) is 0 Å². The maximum atomic E-state index is 13.7. The fraction of sp³-hybridized carbons (Fsp3) is 0.148. The molecular formula is C27H18ClF6NOS. The van der Waals surface area contributed by atoms with Crippen LogP contribution in [0.4, 0.5) is 26.3 Å². The number of nitrogens with one attached hydrogen (secondary N) is 1. The monoisotopic (exact) mass is 553 g/mol. The first-order valence-corrected chi connectivity index (χ1v) is 12.1. The van der Waals surface area contributed by atoms with E-state index in [4.69, 9.17) is 11.6 Å². The summed E-state index contributed by atoms with van der Waals surface area (Å²) in [5, 5.41) is 4.44. The van der Waals surface area contributed by atoms with Gasteiger partial charge in [0.1, 0.15) is 4.88 Å². The summed E-state index contributed by atoms with van der Waals surface area (Å²) in [5.41, 5.74) is -3.31. The molecule has 1 N–H and O–H groups in total. The number of rotatable bonds is 6. The molecule has 3 aromatic carbocycles. The Balaban J connectivity index is 2.01. The number of amides is 1. The van der Waals surface area contributed by atoms with Crippen molar-refractivity contribution in [3.63, 3.8) is 0 Å². The normalized spacial score (nSPS) is 12.4. The van der Waals surface area contributed by atoms with E-state index in [0.717, 1.165) is 47.7 Å². The molecular weight excluding hydrogens is 536 g/mol. The second-order valence-electron chi connectivity index (χ2n) is 8.28. The molecule has 0 saturated heterocycles. The highest BCUT2D eigenvalue weighted by Crippen LogP contribution is 2.40. The summed E-state index contributed by atoms with van der Waals surface area (Å²) in [6.07, 6.45) is -9.57. The van der Waals surface area contributed by atoms with Crippen LogP contribution in [0.5, 0.6) is 0 Å². The van der Waals surface area contributed by atoms with Gasteiger partial charge in [-0.25, -0.2) is 0 Å². The number of halogens is 7. The minimum Gasteiger partial charge on any atom is -0.337 e. The van der Waals surface area contributed by atoms with Crippen LogP contribution in [-0.4, -0.2) is 5.91 Å². The summed E-state index contributed by atoms with van der Waals surface area (Å²) < 4.78 is 82.2. The molecule has 192 valence electrons. The van der Waals surface area contributed by atoms with Crippen molar-refractivity contribution < 1.29 is 31.1 Å². The van der Waals surface area contributed by atoms with E-state index < -0.39 is 34.9 Å². The molecule has 0 radical (unpaired) electrons. The second kappa shape index (κ2) is 10.2. The zero-order valence-electron chi connectivity index (χ0n) is 18.8. The molecule has 1 aromatic heterocycles. The number of carbonyl (C=O) groups is 1. The van der Waals surface area contributed by atoms with E-state index in [1.807, 2.05) is 0 Å². The van der Waals surface area contributed by atoms with Crippen LogP contribution in [0.25, 0.3) is 0 Å². The molecule has 37 heavy (non-hydrogen) atoms. The van der Waals surface area contributed by atoms with Crippen molar-refractivity contribution in [2.75, 3.05) is 0 Å². The predicted octanol–water partition coefficient (Wildman–Crippen LogP) is 8.36. The van der Waals surface area contributed by atoms with Crippen LogP contribution in [0, 0.1) is 0 Å². The minimum absolute atomic E-state index is 0.0356. The van der Waals surface area contributed by atoms with Crippen LogP contribution < -0.4 is 5.32 Å². The Labute approximate surface area is 217 Å². The minimum atomic E-state index is -4.72. The number of hydrogen-bond donors (Lipinski definition) is 1. The molecule has 0 saturated carbocycles. The van der Waals surface area contributed by atoms with Gasteiger partial charge in [0.2, 0.25) is 0 Å². The van der Waals surface area contributed by atoms with Gasteiger partial charge in [-0.15, -0.1) is 11.3 Å². The Hall–Kier alpha value is -3.30. The Morgan fingerprint density at radius 3 is 1.70 bits per heavy atom. The van der Waals surface area contributed by atoms with Crippen molar-refractivity contribution in [3.8, 4) is 0 Å². The Bertz CT molecular complexity index is 1340. The molecule has 0 unspecified atom stereocenters. The van der Waals surface area contributed by atoms with Crippen LogP contribution in [-0.2, 0) is 24.3 Å². The van der Waals surface area contributed by atoms with Gasteiger partial charge < -0.3 is 5.32 Å². The van der Waals surface area contributed by atoms with Gasteiger partial charge in [-0.3, -0.25) is 4.79 Å². The molecule has 1 amide bonds. The summed E-state index contributed by atoms with van der Waals surface area (Å²) >= 11 is 7.14. The lowest BCUT2D eigenvalue weighted by molar-refractivity contribution is -0.138. The van der Waals surface area contributed by atoms with Gasteiger partial charge in [0.15, 0.2) is 0 Å². The van der Waals surface area contributed by atoms with Gasteiger partial charge in [0.25, 0.3) is 5.91 Å². The number of benzene rings is 3. The van der Waals surface area contributed by atoms with E-state index in [1.54, 1.807) is 35.7 Å². The molecule has 10 heteroatoms. The molecule has 4 rings (SSSR count). The first-order chi connectivity index (χ1) is 17.4. The van der Waals surface area contributed by atoms with E-state index in [0.29, 0.717) is 5.56 Å². The lowest BCUT2D eigenvalue weighted by Gasteiger charge is -2.37. The standard InChI is InChI=1S/C27H18ClF6NOS/c28-22-12-13-37-23(22)24(36)35-25(16-17-6-2-1-3-7-17,18-8-4-10-20(14-18)26(29,30)31)19-9-5-11-21(15-19)27(32,33)34/h1-15H,16H2,(H,35,36). The average Bonchev–Trinajstić information content (AvgIpc) is 3.29. The number of alkyl halides is 6. The third-order valence-corrected chi connectivity index (χ3v) is 7.17. The van der Waals surface area contributed by atoms with Gasteiger partial charge in [-0.1, -0.05) is 66.2 Å². The van der Waals surface area contributed by atoms with E-state index in [9.17, 15) is 31.1 Å². The molecule has 0 spiro atoms. The molecule has 1 heterocycles. The van der Waals surface area contributed by atoms with Gasteiger partial charge in [-0.2, -0.15) is 26.3 Å². The second-order valence-corrected chi connectivity index (χ2v) is 9.60. The zero-order valence-corrected chi connectivity index (χ0v) is 20.4. The molecule has 2 nitrogen and oxygen atoms in total. The van der Waals surface area contributed by atoms with E-state index in [-0.39, 0.29) is 27.4 Å². The van der Waals surface area contributed by atoms with E-state index in [2.05, 4.69) is 5.32 Å². The van der Waals surface area contributed by atoms with Gasteiger partial charge in [-0.05, 0) is 52.4 Å². The SMILES string of the molecule is O=C(NC(Cc1ccccc1)(c1cccc(C(F)(F)F)c1)c1cccc(C(F)(F)F)c1)c1sccc1Cl. The smallest absolute Gasteiger partial charge is 0.337 e. The molecule has 0 aliphatic carbocycles. The fourth-order valence-electron chi connectivity index (χ4n) is 4.09. The first kappa shape index (κ1) is 26.8. The van der Waals surface area contributed by atoms with Crippen molar-refractivity contribution in [1.29, 1.82) is 0 Å². The predicted molar refractivity (Wildman–Crippen MR) is 131 cm³/mol. The highest BCUT2D eigenvalue weighted by molar-refractivity contribution is 7.12. The van der Waals surface area contributed by atoms with Crippen LogP contribution in [0.15, 0.2) is 90.3 Å². The summed E-state index contributed by atoms with van der Waals surface area (Å²) in [5.74, 6) is -0.731. The maximum absolute atomic E-state index is 13.7. The number of carbonyl (C=O) groups excluding carboxylic acids is 1. The van der Waals surface area contributed by atoms with Crippen molar-refractivity contribution >= 4 is 28.8 Å². The third-order valence-electron chi connectivity index (χ3n) is 5.83. The molecule has 0 aliphatic rings. The Morgan fingerprint density at radius 2 is 1.24 bits per heavy atom. The fourth-order valence-corrected chi connectivity index (χ4v) is 5.13. The third kappa shape index (κ3) is 5.83. The quantitative estimate of drug-likeness (QED) is 0.239. The molecule has 0 atom stereocenters. The lowest BCUT2D eigenvalue weighted by atomic mass is 9.76. The van der Waals surface area contributed by atoms with Gasteiger partial charge in [0, 0.05) is 6.42 Å². The summed E-state index contributed by atoms with van der Waals surface area (Å²) in [4.78, 5) is 13.5. The number of thiophene rings is 1. The van der Waals surface area contributed by atoms with E-state index in [1.165, 1.54) is 18.2 Å². The van der Waals surface area contributed by atoms with Crippen LogP contribution >= 0.6 is 22.9 Å². The maximum Gasteiger partial charge on any atom is 0.416 e. The van der Waals surface area contributed by atoms with Crippen molar-refractivity contribution in [1.82, 2.24) is 5.32 Å². The van der Waals surface area contributed by atoms with Crippen molar-refractivity contribution in [2.45, 2.75) is 24.3 Å². The zero-order chi connectivity index (χ0) is 26.8. The van der Waals surface area contributed by atoms with Crippen molar-refractivity contribution in [2.24, 2.45) is 0 Å². The van der Waals surface area contributed by atoms with Crippen LogP contribution in [0.2, 0.25) is 5.02 Å². The molecule has 0 bridgehead atoms. The summed E-state index contributed by atoms with van der Waals surface area (Å²) in [7, 11) is 0. The highest BCUT2D eigenvalue weighted by atomic mass is 35.5. The average molecular weight is 554 g/mol. The topological polar surface area (TPSA) is 29.1 Å². The highest BCUT2D eigenvalue weighted by Gasteiger charge is 2.41. The molecule has 4 aromatic rings. The molecule has 0 fully saturated rings. The first-order valence-electron chi connectivity index (χ1n) is 10.8. The Morgan fingerprint density at radius 1 is 0.730 bits per heavy atom. The summed E-state index contributed by atoms with van der Waals surface area (Å²) in [6.45, 7) is 0. The largest absolute Gasteiger partial charge is 0.416 e. The van der Waals surface area contributed by atoms with Crippen LogP contribution in [0.1, 0.15) is 37.5 Å². The summed E-state index contributed by atoms with van der Waals surface area (Å²) in [6, 6.07) is 18.4. The van der Waals surface area contributed by atoms with Crippen molar-refractivity contribution in [3.05, 3.63) is 128 Å². The van der Waals surface area contributed by atoms with E-state index >= 15 is 0 Å². The Kier molecular flexibility index (Phi) is 7.39.